The number of ether oxygens (including phenoxy) is 2. The third-order valence-corrected chi connectivity index (χ3v) is 7.16. The summed E-state index contributed by atoms with van der Waals surface area (Å²) in [7, 11) is 0. The smallest absolute Gasteiger partial charge is 0.338 e. The van der Waals surface area contributed by atoms with E-state index in [2.05, 4.69) is 66.0 Å². The van der Waals surface area contributed by atoms with E-state index in [-0.39, 0.29) is 46.3 Å². The molecular weight excluding hydrogens is 452 g/mol. The standard InChI is InChI=1S/C30H42N2O4/c1-27(2)15-23(16-28(3,4)31-27)35-25(33)21-11-9-20-14-22(12-10-19(20)13-21)26(34)36-24-17-29(5,6)32-30(7,8)18-24/h9-14,23-24,31-32H,15-18H2,1-8H3. The monoisotopic (exact) mass is 494 g/mol. The third kappa shape index (κ3) is 6.46. The molecule has 0 aliphatic carbocycles. The van der Waals surface area contributed by atoms with Crippen LogP contribution >= 0.6 is 0 Å². The molecule has 4 rings (SSSR count). The van der Waals surface area contributed by atoms with Crippen molar-refractivity contribution in [2.24, 2.45) is 0 Å². The van der Waals surface area contributed by atoms with E-state index in [1.165, 1.54) is 0 Å². The van der Waals surface area contributed by atoms with Gasteiger partial charge in [0.15, 0.2) is 0 Å². The number of fused-ring (bicyclic) bond motifs is 1. The normalized spacial score (nSPS) is 23.2. The zero-order valence-corrected chi connectivity index (χ0v) is 23.1. The Morgan fingerprint density at radius 2 is 0.917 bits per heavy atom. The third-order valence-electron chi connectivity index (χ3n) is 7.16. The summed E-state index contributed by atoms with van der Waals surface area (Å²) in [5.41, 5.74) is 0.653. The number of piperidine rings is 2. The van der Waals surface area contributed by atoms with Gasteiger partial charge in [-0.3, -0.25) is 0 Å². The molecule has 0 spiro atoms. The van der Waals surface area contributed by atoms with Gasteiger partial charge in [-0.15, -0.1) is 0 Å². The van der Waals surface area contributed by atoms with Gasteiger partial charge >= 0.3 is 11.9 Å². The number of carbonyl (C=O) groups is 2. The van der Waals surface area contributed by atoms with Crippen LogP contribution in [0.3, 0.4) is 0 Å². The zero-order valence-electron chi connectivity index (χ0n) is 23.1. The highest BCUT2D eigenvalue weighted by atomic mass is 16.5. The SMILES string of the molecule is CC1(C)CC(OC(=O)c2ccc3cc(C(=O)OC4CC(C)(C)NC(C)(C)C4)ccc3c2)CC(C)(C)N1. The molecule has 2 saturated heterocycles. The Balaban J connectivity index is 1.45. The molecule has 2 aliphatic rings. The second-order valence-electron chi connectivity index (χ2n) is 13.4. The van der Waals surface area contributed by atoms with Crippen LogP contribution in [0, 0.1) is 0 Å². The highest BCUT2D eigenvalue weighted by molar-refractivity contribution is 5.99. The molecule has 0 unspecified atom stereocenters. The van der Waals surface area contributed by atoms with Gasteiger partial charge in [-0.1, -0.05) is 12.1 Å². The summed E-state index contributed by atoms with van der Waals surface area (Å²) in [6, 6.07) is 11.0. The van der Waals surface area contributed by atoms with E-state index in [0.29, 0.717) is 11.1 Å². The minimum absolute atomic E-state index is 0.0965. The maximum absolute atomic E-state index is 13.0. The first-order valence-corrected chi connectivity index (χ1v) is 13.1. The van der Waals surface area contributed by atoms with Gasteiger partial charge in [0.25, 0.3) is 0 Å². The van der Waals surface area contributed by atoms with E-state index < -0.39 is 0 Å². The Kier molecular flexibility index (Phi) is 6.76. The first-order chi connectivity index (χ1) is 16.5. The molecule has 2 fully saturated rings. The summed E-state index contributed by atoms with van der Waals surface area (Å²) in [6.07, 6.45) is 2.81. The van der Waals surface area contributed by atoms with Crippen LogP contribution in [0.2, 0.25) is 0 Å². The molecule has 2 heterocycles. The second-order valence-corrected chi connectivity index (χ2v) is 13.4. The number of hydrogen-bond acceptors (Lipinski definition) is 6. The quantitative estimate of drug-likeness (QED) is 0.526. The fourth-order valence-electron chi connectivity index (χ4n) is 6.56. The molecule has 196 valence electrons. The Bertz CT molecular complexity index is 1040. The van der Waals surface area contributed by atoms with Gasteiger partial charge in [-0.2, -0.15) is 0 Å². The Labute approximate surface area is 215 Å². The van der Waals surface area contributed by atoms with Gasteiger partial charge in [0.1, 0.15) is 12.2 Å². The molecule has 2 N–H and O–H groups in total. The van der Waals surface area contributed by atoms with Crippen LogP contribution in [0.25, 0.3) is 10.8 Å². The highest BCUT2D eigenvalue weighted by Crippen LogP contribution is 2.32. The summed E-state index contributed by atoms with van der Waals surface area (Å²) in [6.45, 7) is 17.1. The number of rotatable bonds is 4. The first kappa shape index (κ1) is 26.6. The van der Waals surface area contributed by atoms with E-state index in [9.17, 15) is 9.59 Å². The van der Waals surface area contributed by atoms with Crippen molar-refractivity contribution in [3.8, 4) is 0 Å². The summed E-state index contributed by atoms with van der Waals surface area (Å²) >= 11 is 0. The lowest BCUT2D eigenvalue weighted by Crippen LogP contribution is -2.59. The second kappa shape index (κ2) is 9.14. The lowest BCUT2D eigenvalue weighted by molar-refractivity contribution is -0.00767. The van der Waals surface area contributed by atoms with Crippen LogP contribution in [-0.2, 0) is 9.47 Å². The van der Waals surface area contributed by atoms with Crippen molar-refractivity contribution in [1.82, 2.24) is 10.6 Å². The van der Waals surface area contributed by atoms with Crippen LogP contribution in [0.15, 0.2) is 36.4 Å². The number of carbonyl (C=O) groups excluding carboxylic acids is 2. The van der Waals surface area contributed by atoms with Crippen LogP contribution in [0.1, 0.15) is 102 Å². The number of nitrogens with one attached hydrogen (secondary N) is 2. The van der Waals surface area contributed by atoms with Crippen LogP contribution in [0.4, 0.5) is 0 Å². The molecule has 2 aromatic carbocycles. The molecule has 2 aromatic rings. The minimum Gasteiger partial charge on any atom is -0.459 e. The van der Waals surface area contributed by atoms with Gasteiger partial charge in [-0.05, 0) is 90.4 Å². The van der Waals surface area contributed by atoms with Gasteiger partial charge < -0.3 is 20.1 Å². The summed E-state index contributed by atoms with van der Waals surface area (Å²) in [5.74, 6) is -0.620. The number of esters is 2. The number of hydrogen-bond donors (Lipinski definition) is 2. The van der Waals surface area contributed by atoms with Crippen LogP contribution in [0.5, 0.6) is 0 Å². The van der Waals surface area contributed by atoms with E-state index in [0.717, 1.165) is 36.5 Å². The zero-order chi connectivity index (χ0) is 26.5. The molecular formula is C30H42N2O4. The lowest BCUT2D eigenvalue weighted by atomic mass is 9.81. The maximum atomic E-state index is 13.0. The van der Waals surface area contributed by atoms with Gasteiger partial charge in [0.2, 0.25) is 0 Å². The Hall–Kier alpha value is -2.44. The van der Waals surface area contributed by atoms with Crippen molar-refractivity contribution in [3.63, 3.8) is 0 Å². The predicted molar refractivity (Wildman–Crippen MR) is 143 cm³/mol. The summed E-state index contributed by atoms with van der Waals surface area (Å²) in [5, 5.41) is 9.00. The van der Waals surface area contributed by atoms with Crippen molar-refractivity contribution < 1.29 is 19.1 Å². The summed E-state index contributed by atoms with van der Waals surface area (Å²) in [4.78, 5) is 25.9. The van der Waals surface area contributed by atoms with Crippen molar-refractivity contribution in [2.45, 2.75) is 115 Å². The van der Waals surface area contributed by atoms with Crippen molar-refractivity contribution in [1.29, 1.82) is 0 Å². The lowest BCUT2D eigenvalue weighted by Gasteiger charge is -2.46. The molecule has 2 aliphatic heterocycles. The van der Waals surface area contributed by atoms with Crippen molar-refractivity contribution in [2.75, 3.05) is 0 Å². The average Bonchev–Trinajstić information content (AvgIpc) is 2.68. The average molecular weight is 495 g/mol. The molecule has 0 saturated carbocycles. The van der Waals surface area contributed by atoms with E-state index >= 15 is 0 Å². The molecule has 0 amide bonds. The van der Waals surface area contributed by atoms with Crippen molar-refractivity contribution in [3.05, 3.63) is 47.5 Å². The fraction of sp³-hybridized carbons (Fsp3) is 0.600. The highest BCUT2D eigenvalue weighted by Gasteiger charge is 2.40. The number of benzene rings is 2. The minimum atomic E-state index is -0.310. The Morgan fingerprint density at radius 1 is 0.611 bits per heavy atom. The van der Waals surface area contributed by atoms with Gasteiger partial charge in [0, 0.05) is 47.8 Å². The summed E-state index contributed by atoms with van der Waals surface area (Å²) < 4.78 is 11.8. The maximum Gasteiger partial charge on any atom is 0.338 e. The Morgan fingerprint density at radius 3 is 1.22 bits per heavy atom. The van der Waals surface area contributed by atoms with Crippen LogP contribution in [-0.4, -0.2) is 46.3 Å². The molecule has 0 bridgehead atoms. The molecule has 36 heavy (non-hydrogen) atoms. The molecule has 6 nitrogen and oxygen atoms in total. The van der Waals surface area contributed by atoms with E-state index in [1.807, 2.05) is 24.3 Å². The molecule has 0 radical (unpaired) electrons. The van der Waals surface area contributed by atoms with Crippen LogP contribution < -0.4 is 10.6 Å². The predicted octanol–water partition coefficient (Wildman–Crippen LogP) is 5.77. The molecule has 0 atom stereocenters. The van der Waals surface area contributed by atoms with Crippen molar-refractivity contribution >= 4 is 22.7 Å². The van der Waals surface area contributed by atoms with Gasteiger partial charge in [-0.25, -0.2) is 9.59 Å². The van der Waals surface area contributed by atoms with Gasteiger partial charge in [0.05, 0.1) is 11.1 Å². The van der Waals surface area contributed by atoms with E-state index in [1.54, 1.807) is 12.1 Å². The largest absolute Gasteiger partial charge is 0.459 e. The fourth-order valence-corrected chi connectivity index (χ4v) is 6.56. The topological polar surface area (TPSA) is 76.7 Å². The molecule has 0 aromatic heterocycles. The van der Waals surface area contributed by atoms with E-state index in [4.69, 9.17) is 9.47 Å². The first-order valence-electron chi connectivity index (χ1n) is 13.1. The molecule has 6 heteroatoms.